The fourth-order valence-electron chi connectivity index (χ4n) is 2.35. The van der Waals surface area contributed by atoms with Gasteiger partial charge in [0.2, 0.25) is 0 Å². The molecule has 1 saturated carbocycles. The van der Waals surface area contributed by atoms with Crippen LogP contribution in [-0.2, 0) is 6.54 Å². The average Bonchev–Trinajstić information content (AvgIpc) is 2.47. The molecule has 2 rings (SSSR count). The van der Waals surface area contributed by atoms with E-state index in [-0.39, 0.29) is 5.41 Å². The van der Waals surface area contributed by atoms with E-state index in [9.17, 15) is 0 Å². The number of nitrogens with two attached hydrogens (primary N) is 1. The Kier molecular flexibility index (Phi) is 2.38. The SMILES string of the molecule is CC(C)Cn1nccc1[C@@H]1[C@@H](N)C1(C)C. The van der Waals surface area contributed by atoms with E-state index in [0.717, 1.165) is 6.54 Å². The van der Waals surface area contributed by atoms with Crippen LogP contribution < -0.4 is 5.73 Å². The van der Waals surface area contributed by atoms with Gasteiger partial charge in [-0.25, -0.2) is 0 Å². The van der Waals surface area contributed by atoms with Gasteiger partial charge >= 0.3 is 0 Å². The van der Waals surface area contributed by atoms with E-state index < -0.39 is 0 Å². The van der Waals surface area contributed by atoms with Crippen LogP contribution in [0.4, 0.5) is 0 Å². The molecule has 1 heterocycles. The van der Waals surface area contributed by atoms with Crippen molar-refractivity contribution in [2.24, 2.45) is 17.1 Å². The molecule has 1 fully saturated rings. The number of aromatic nitrogens is 2. The second-order valence-corrected chi connectivity index (χ2v) is 5.66. The molecule has 1 aliphatic rings. The van der Waals surface area contributed by atoms with E-state index in [1.807, 2.05) is 6.20 Å². The molecule has 84 valence electrons. The van der Waals surface area contributed by atoms with Gasteiger partial charge in [-0.15, -0.1) is 0 Å². The molecule has 0 amide bonds. The van der Waals surface area contributed by atoms with Crippen LogP contribution in [0.15, 0.2) is 12.3 Å². The first-order valence-electron chi connectivity index (χ1n) is 5.72. The van der Waals surface area contributed by atoms with Crippen molar-refractivity contribution < 1.29 is 0 Å². The van der Waals surface area contributed by atoms with Gasteiger partial charge in [-0.3, -0.25) is 4.68 Å². The zero-order valence-electron chi connectivity index (χ0n) is 10.1. The second kappa shape index (κ2) is 3.34. The van der Waals surface area contributed by atoms with E-state index in [1.165, 1.54) is 5.69 Å². The minimum absolute atomic E-state index is 0.245. The number of hydrogen-bond acceptors (Lipinski definition) is 2. The molecule has 0 aliphatic heterocycles. The summed E-state index contributed by atoms with van der Waals surface area (Å²) in [7, 11) is 0. The summed E-state index contributed by atoms with van der Waals surface area (Å²) in [6.45, 7) is 9.87. The molecule has 3 nitrogen and oxygen atoms in total. The number of nitrogens with zero attached hydrogens (tertiary/aromatic N) is 2. The molecule has 2 atom stereocenters. The maximum absolute atomic E-state index is 6.09. The molecule has 0 bridgehead atoms. The van der Waals surface area contributed by atoms with Gasteiger partial charge in [0.25, 0.3) is 0 Å². The first-order valence-corrected chi connectivity index (χ1v) is 5.72. The Labute approximate surface area is 91.7 Å². The van der Waals surface area contributed by atoms with Crippen LogP contribution in [0.25, 0.3) is 0 Å². The summed E-state index contributed by atoms with van der Waals surface area (Å²) >= 11 is 0. The van der Waals surface area contributed by atoms with Gasteiger partial charge in [-0.05, 0) is 17.4 Å². The predicted octanol–water partition coefficient (Wildman–Crippen LogP) is 1.99. The van der Waals surface area contributed by atoms with E-state index >= 15 is 0 Å². The van der Waals surface area contributed by atoms with Gasteiger partial charge in [-0.2, -0.15) is 5.10 Å². The molecule has 1 aliphatic carbocycles. The molecular weight excluding hydrogens is 186 g/mol. The highest BCUT2D eigenvalue weighted by atomic mass is 15.3. The average molecular weight is 207 g/mol. The third-order valence-electron chi connectivity index (χ3n) is 3.52. The van der Waals surface area contributed by atoms with Crippen LogP contribution >= 0.6 is 0 Å². The van der Waals surface area contributed by atoms with Crippen molar-refractivity contribution in [3.05, 3.63) is 18.0 Å². The summed E-state index contributed by atoms with van der Waals surface area (Å²) in [6.07, 6.45) is 1.89. The molecule has 1 aromatic heterocycles. The molecule has 0 saturated heterocycles. The first-order chi connectivity index (χ1) is 6.94. The zero-order valence-corrected chi connectivity index (χ0v) is 10.1. The summed E-state index contributed by atoms with van der Waals surface area (Å²) in [6, 6.07) is 2.40. The van der Waals surface area contributed by atoms with Crippen molar-refractivity contribution in [3.8, 4) is 0 Å². The fourth-order valence-corrected chi connectivity index (χ4v) is 2.35. The molecule has 0 spiro atoms. The molecule has 1 aromatic rings. The Balaban J connectivity index is 2.20. The van der Waals surface area contributed by atoms with Crippen LogP contribution in [0.1, 0.15) is 39.3 Å². The van der Waals surface area contributed by atoms with E-state index in [0.29, 0.717) is 17.9 Å². The van der Waals surface area contributed by atoms with Gasteiger partial charge in [0.15, 0.2) is 0 Å². The van der Waals surface area contributed by atoms with Gasteiger partial charge in [0, 0.05) is 30.4 Å². The van der Waals surface area contributed by atoms with E-state index in [2.05, 4.69) is 43.5 Å². The molecule has 0 unspecified atom stereocenters. The third-order valence-corrected chi connectivity index (χ3v) is 3.52. The van der Waals surface area contributed by atoms with Crippen molar-refractivity contribution in [2.45, 2.75) is 46.2 Å². The fraction of sp³-hybridized carbons (Fsp3) is 0.750. The van der Waals surface area contributed by atoms with Crippen LogP contribution in [-0.4, -0.2) is 15.8 Å². The molecular formula is C12H21N3. The van der Waals surface area contributed by atoms with Crippen LogP contribution in [0.3, 0.4) is 0 Å². The molecule has 3 heteroatoms. The Morgan fingerprint density at radius 2 is 2.13 bits per heavy atom. The minimum atomic E-state index is 0.245. The predicted molar refractivity (Wildman–Crippen MR) is 61.6 cm³/mol. The van der Waals surface area contributed by atoms with Crippen molar-refractivity contribution in [2.75, 3.05) is 0 Å². The first kappa shape index (κ1) is 10.7. The minimum Gasteiger partial charge on any atom is -0.327 e. The Morgan fingerprint density at radius 1 is 1.53 bits per heavy atom. The van der Waals surface area contributed by atoms with Crippen molar-refractivity contribution in [1.29, 1.82) is 0 Å². The van der Waals surface area contributed by atoms with Gasteiger partial charge in [-0.1, -0.05) is 27.7 Å². The van der Waals surface area contributed by atoms with Crippen molar-refractivity contribution in [3.63, 3.8) is 0 Å². The zero-order chi connectivity index (χ0) is 11.2. The van der Waals surface area contributed by atoms with E-state index in [4.69, 9.17) is 5.73 Å². The van der Waals surface area contributed by atoms with Crippen LogP contribution in [0.5, 0.6) is 0 Å². The normalized spacial score (nSPS) is 28.4. The Hall–Kier alpha value is -0.830. The highest BCUT2D eigenvalue weighted by Crippen LogP contribution is 2.57. The maximum atomic E-state index is 6.09. The van der Waals surface area contributed by atoms with Gasteiger partial charge < -0.3 is 5.73 Å². The third kappa shape index (κ3) is 1.69. The summed E-state index contributed by atoms with van der Waals surface area (Å²) < 4.78 is 2.12. The summed E-state index contributed by atoms with van der Waals surface area (Å²) in [4.78, 5) is 0. The van der Waals surface area contributed by atoms with Crippen LogP contribution in [0, 0.1) is 11.3 Å². The highest BCUT2D eigenvalue weighted by Gasteiger charge is 2.57. The standard InChI is InChI=1S/C12H21N3/c1-8(2)7-15-9(5-6-14-15)10-11(13)12(10,3)4/h5-6,8,10-11H,7,13H2,1-4H3/t10-,11-/m1/s1. The molecule has 2 N–H and O–H groups in total. The van der Waals surface area contributed by atoms with Crippen LogP contribution in [0.2, 0.25) is 0 Å². The Morgan fingerprint density at radius 3 is 2.60 bits per heavy atom. The van der Waals surface area contributed by atoms with Crippen molar-refractivity contribution in [1.82, 2.24) is 9.78 Å². The van der Waals surface area contributed by atoms with Crippen molar-refractivity contribution >= 4 is 0 Å². The van der Waals surface area contributed by atoms with Gasteiger partial charge in [0.1, 0.15) is 0 Å². The van der Waals surface area contributed by atoms with E-state index in [1.54, 1.807) is 0 Å². The monoisotopic (exact) mass is 207 g/mol. The maximum Gasteiger partial charge on any atom is 0.0492 e. The molecule has 0 aromatic carbocycles. The molecule has 15 heavy (non-hydrogen) atoms. The lowest BCUT2D eigenvalue weighted by Crippen LogP contribution is -2.11. The molecule has 0 radical (unpaired) electrons. The number of rotatable bonds is 3. The summed E-state index contributed by atoms with van der Waals surface area (Å²) in [5, 5.41) is 4.38. The quantitative estimate of drug-likeness (QED) is 0.823. The largest absolute Gasteiger partial charge is 0.327 e. The smallest absolute Gasteiger partial charge is 0.0492 e. The lowest BCUT2D eigenvalue weighted by Gasteiger charge is -2.10. The second-order valence-electron chi connectivity index (χ2n) is 5.66. The lowest BCUT2D eigenvalue weighted by molar-refractivity contribution is 0.461. The summed E-state index contributed by atoms with van der Waals surface area (Å²) in [5.74, 6) is 1.11. The number of hydrogen-bond donors (Lipinski definition) is 1. The topological polar surface area (TPSA) is 43.8 Å². The lowest BCUT2D eigenvalue weighted by atomic mass is 10.1. The summed E-state index contributed by atoms with van der Waals surface area (Å²) in [5.41, 5.74) is 7.65. The van der Waals surface area contributed by atoms with Gasteiger partial charge in [0.05, 0.1) is 0 Å². The Bertz CT molecular complexity index is 352. The highest BCUT2D eigenvalue weighted by molar-refractivity contribution is 5.28.